The van der Waals surface area contributed by atoms with Crippen LogP contribution in [0.15, 0.2) is 9.98 Å². The van der Waals surface area contributed by atoms with Crippen LogP contribution in [0.3, 0.4) is 0 Å². The molecule has 1 fully saturated rings. The fourth-order valence-electron chi connectivity index (χ4n) is 1.77. The molecular weight excluding hydrogens is 232 g/mol. The van der Waals surface area contributed by atoms with E-state index in [1.807, 2.05) is 6.92 Å². The third-order valence-corrected chi connectivity index (χ3v) is 2.89. The number of rotatable bonds is 2. The van der Waals surface area contributed by atoms with Crippen molar-refractivity contribution in [3.63, 3.8) is 0 Å². The first kappa shape index (κ1) is 13.5. The average Bonchev–Trinajstić information content (AvgIpc) is 2.72. The summed E-state index contributed by atoms with van der Waals surface area (Å²) < 4.78 is 11.1. The topological polar surface area (TPSA) is 67.2 Å². The van der Waals surface area contributed by atoms with Crippen molar-refractivity contribution < 1.29 is 9.47 Å². The molecule has 2 N–H and O–H groups in total. The first-order valence-electron chi connectivity index (χ1n) is 6.31. The SMILES string of the molecule is CC1NNC(COC2=NCC(C(C)(C)C)=NC2)O1. The maximum absolute atomic E-state index is 5.59. The van der Waals surface area contributed by atoms with Crippen LogP contribution in [0.25, 0.3) is 0 Å². The molecule has 0 amide bonds. The maximum atomic E-state index is 5.59. The Bertz CT molecular complexity index is 360. The number of hydrazine groups is 1. The van der Waals surface area contributed by atoms with E-state index in [1.54, 1.807) is 0 Å². The Hall–Kier alpha value is -0.980. The highest BCUT2D eigenvalue weighted by Gasteiger charge is 2.24. The molecule has 2 rings (SSSR count). The minimum atomic E-state index is -0.129. The third kappa shape index (κ3) is 3.51. The number of hydrogen-bond acceptors (Lipinski definition) is 6. The molecule has 1 saturated heterocycles. The Morgan fingerprint density at radius 2 is 2.06 bits per heavy atom. The number of nitrogens with one attached hydrogen (secondary N) is 2. The van der Waals surface area contributed by atoms with Gasteiger partial charge in [-0.2, -0.15) is 0 Å². The molecule has 0 aromatic heterocycles. The Balaban J connectivity index is 1.75. The number of aliphatic imine (C=N–C) groups is 2. The molecule has 0 saturated carbocycles. The van der Waals surface area contributed by atoms with Crippen molar-refractivity contribution in [1.82, 2.24) is 10.9 Å². The summed E-state index contributed by atoms with van der Waals surface area (Å²) in [4.78, 5) is 8.94. The number of ether oxygens (including phenoxy) is 2. The van der Waals surface area contributed by atoms with Crippen LogP contribution in [0.4, 0.5) is 0 Å². The fourth-order valence-corrected chi connectivity index (χ4v) is 1.77. The predicted molar refractivity (Wildman–Crippen MR) is 70.6 cm³/mol. The molecule has 2 aliphatic heterocycles. The smallest absolute Gasteiger partial charge is 0.206 e. The van der Waals surface area contributed by atoms with Crippen molar-refractivity contribution in [2.45, 2.75) is 40.2 Å². The summed E-state index contributed by atoms with van der Waals surface area (Å²) in [5.74, 6) is 0.688. The summed E-state index contributed by atoms with van der Waals surface area (Å²) in [6.45, 7) is 9.99. The predicted octanol–water partition coefficient (Wildman–Crippen LogP) is 0.699. The highest BCUT2D eigenvalue weighted by molar-refractivity contribution is 5.96. The monoisotopic (exact) mass is 254 g/mol. The lowest BCUT2D eigenvalue weighted by molar-refractivity contribution is 0.0141. The number of nitrogens with zero attached hydrogens (tertiary/aromatic N) is 2. The number of hydrogen-bond donors (Lipinski definition) is 2. The molecule has 0 bridgehead atoms. The van der Waals surface area contributed by atoms with Gasteiger partial charge < -0.3 is 9.47 Å². The molecule has 102 valence electrons. The van der Waals surface area contributed by atoms with Gasteiger partial charge in [-0.15, -0.1) is 0 Å². The van der Waals surface area contributed by atoms with Crippen molar-refractivity contribution in [3.8, 4) is 0 Å². The van der Waals surface area contributed by atoms with Crippen LogP contribution in [0.1, 0.15) is 27.7 Å². The lowest BCUT2D eigenvalue weighted by atomic mass is 9.89. The molecule has 0 radical (unpaired) electrons. The Morgan fingerprint density at radius 3 is 2.56 bits per heavy atom. The zero-order valence-electron chi connectivity index (χ0n) is 11.5. The zero-order chi connectivity index (χ0) is 13.2. The van der Waals surface area contributed by atoms with Gasteiger partial charge in [-0.3, -0.25) is 4.99 Å². The van der Waals surface area contributed by atoms with Crippen molar-refractivity contribution in [2.24, 2.45) is 15.4 Å². The van der Waals surface area contributed by atoms with Gasteiger partial charge in [0.15, 0.2) is 6.23 Å². The van der Waals surface area contributed by atoms with Gasteiger partial charge in [-0.05, 0) is 6.92 Å². The quantitative estimate of drug-likeness (QED) is 0.761. The molecule has 2 heterocycles. The second-order valence-electron chi connectivity index (χ2n) is 5.59. The van der Waals surface area contributed by atoms with E-state index in [0.717, 1.165) is 5.71 Å². The Labute approximate surface area is 108 Å². The third-order valence-electron chi connectivity index (χ3n) is 2.89. The van der Waals surface area contributed by atoms with Gasteiger partial charge in [0.05, 0.1) is 6.54 Å². The van der Waals surface area contributed by atoms with Crippen molar-refractivity contribution in [1.29, 1.82) is 0 Å². The van der Waals surface area contributed by atoms with Crippen LogP contribution in [0.5, 0.6) is 0 Å². The van der Waals surface area contributed by atoms with Gasteiger partial charge in [0.1, 0.15) is 19.4 Å². The molecular formula is C12H22N4O2. The van der Waals surface area contributed by atoms with Gasteiger partial charge in [-0.1, -0.05) is 20.8 Å². The molecule has 18 heavy (non-hydrogen) atoms. The van der Waals surface area contributed by atoms with E-state index >= 15 is 0 Å². The first-order valence-corrected chi connectivity index (χ1v) is 6.31. The van der Waals surface area contributed by atoms with Crippen molar-refractivity contribution in [3.05, 3.63) is 0 Å². The van der Waals surface area contributed by atoms with Gasteiger partial charge in [-0.25, -0.2) is 15.8 Å². The van der Waals surface area contributed by atoms with E-state index in [4.69, 9.17) is 9.47 Å². The van der Waals surface area contributed by atoms with Gasteiger partial charge >= 0.3 is 0 Å². The van der Waals surface area contributed by atoms with Crippen molar-refractivity contribution in [2.75, 3.05) is 19.7 Å². The summed E-state index contributed by atoms with van der Waals surface area (Å²) in [6.07, 6.45) is -0.117. The van der Waals surface area contributed by atoms with Gasteiger partial charge in [0.25, 0.3) is 0 Å². The summed E-state index contributed by atoms with van der Waals surface area (Å²) in [5.41, 5.74) is 7.17. The van der Waals surface area contributed by atoms with Crippen LogP contribution >= 0.6 is 0 Å². The van der Waals surface area contributed by atoms with E-state index in [0.29, 0.717) is 25.6 Å². The van der Waals surface area contributed by atoms with E-state index in [-0.39, 0.29) is 17.9 Å². The lowest BCUT2D eigenvalue weighted by Gasteiger charge is -2.23. The van der Waals surface area contributed by atoms with Crippen LogP contribution in [0.2, 0.25) is 0 Å². The van der Waals surface area contributed by atoms with E-state index < -0.39 is 0 Å². The normalized spacial score (nSPS) is 28.9. The van der Waals surface area contributed by atoms with Crippen LogP contribution in [-0.2, 0) is 9.47 Å². The molecule has 0 aromatic rings. The largest absolute Gasteiger partial charge is 0.475 e. The highest BCUT2D eigenvalue weighted by Crippen LogP contribution is 2.18. The lowest BCUT2D eigenvalue weighted by Crippen LogP contribution is -2.36. The molecule has 2 unspecified atom stereocenters. The molecule has 0 aromatic carbocycles. The molecule has 6 nitrogen and oxygen atoms in total. The van der Waals surface area contributed by atoms with Crippen LogP contribution in [-0.4, -0.2) is 43.8 Å². The minimum Gasteiger partial charge on any atom is -0.475 e. The van der Waals surface area contributed by atoms with Crippen LogP contribution < -0.4 is 10.9 Å². The molecule has 2 atom stereocenters. The summed E-state index contributed by atoms with van der Waals surface area (Å²) in [7, 11) is 0. The van der Waals surface area contributed by atoms with Gasteiger partial charge in [0, 0.05) is 11.1 Å². The van der Waals surface area contributed by atoms with E-state index in [9.17, 15) is 0 Å². The summed E-state index contributed by atoms with van der Waals surface area (Å²) in [5, 5.41) is 0. The minimum absolute atomic E-state index is 0.0115. The van der Waals surface area contributed by atoms with Crippen molar-refractivity contribution >= 4 is 11.6 Å². The zero-order valence-corrected chi connectivity index (χ0v) is 11.5. The van der Waals surface area contributed by atoms with Gasteiger partial charge in [0.2, 0.25) is 5.90 Å². The second-order valence-corrected chi connectivity index (χ2v) is 5.59. The molecule has 0 spiro atoms. The van der Waals surface area contributed by atoms with E-state index in [2.05, 4.69) is 41.6 Å². The molecule has 2 aliphatic rings. The second kappa shape index (κ2) is 5.34. The average molecular weight is 254 g/mol. The Morgan fingerprint density at radius 1 is 1.28 bits per heavy atom. The molecule has 0 aliphatic carbocycles. The maximum Gasteiger partial charge on any atom is 0.206 e. The van der Waals surface area contributed by atoms with Crippen LogP contribution in [0, 0.1) is 5.41 Å². The summed E-state index contributed by atoms with van der Waals surface area (Å²) >= 11 is 0. The highest BCUT2D eigenvalue weighted by atomic mass is 16.6. The standard InChI is InChI=1S/C12H22N4O2/c1-8-15-16-11(18-8)7-17-10-6-13-9(5-14-10)12(2,3)4/h8,11,15-16H,5-7H2,1-4H3. The Kier molecular flexibility index (Phi) is 3.99. The first-order chi connectivity index (χ1) is 8.45. The molecule has 6 heteroatoms. The fraction of sp³-hybridized carbons (Fsp3) is 0.833. The van der Waals surface area contributed by atoms with E-state index in [1.165, 1.54) is 0 Å². The summed E-state index contributed by atoms with van der Waals surface area (Å²) in [6, 6.07) is 0.